The molecule has 0 aromatic heterocycles. The molecule has 1 saturated heterocycles. The van der Waals surface area contributed by atoms with Gasteiger partial charge in [-0.05, 0) is 50.9 Å². The summed E-state index contributed by atoms with van der Waals surface area (Å²) in [6.45, 7) is 0.986. The molecule has 1 heterocycles. The van der Waals surface area contributed by atoms with Crippen molar-refractivity contribution in [2.45, 2.75) is 63.5 Å². The summed E-state index contributed by atoms with van der Waals surface area (Å²) in [6.07, 6.45) is 10.1. The molecule has 1 N–H and O–H groups in total. The third kappa shape index (κ3) is 1.80. The quantitative estimate of drug-likeness (QED) is 0.726. The van der Waals surface area contributed by atoms with E-state index in [0.717, 1.165) is 12.5 Å². The molecule has 1 aliphatic heterocycles. The molecule has 2 saturated carbocycles. The molecule has 2 aliphatic carbocycles. The van der Waals surface area contributed by atoms with Crippen molar-refractivity contribution in [2.24, 2.45) is 5.92 Å². The van der Waals surface area contributed by atoms with Gasteiger partial charge in [-0.15, -0.1) is 0 Å². The van der Waals surface area contributed by atoms with E-state index in [0.29, 0.717) is 12.1 Å². The minimum absolute atomic E-state index is 0.223. The van der Waals surface area contributed by atoms with Crippen molar-refractivity contribution in [2.75, 3.05) is 6.54 Å². The van der Waals surface area contributed by atoms with Crippen LogP contribution in [0.15, 0.2) is 0 Å². The van der Waals surface area contributed by atoms with Gasteiger partial charge in [0.15, 0.2) is 0 Å². The van der Waals surface area contributed by atoms with Crippen molar-refractivity contribution >= 4 is 6.03 Å². The number of nitrogens with zero attached hydrogens (tertiary/aromatic N) is 1. The number of fused-ring (bicyclic) bond motifs is 1. The van der Waals surface area contributed by atoms with Crippen LogP contribution < -0.4 is 5.32 Å². The second kappa shape index (κ2) is 4.27. The molecule has 0 radical (unpaired) electrons. The molecule has 3 rings (SSSR count). The van der Waals surface area contributed by atoms with E-state index in [-0.39, 0.29) is 6.03 Å². The van der Waals surface area contributed by atoms with Gasteiger partial charge in [-0.2, -0.15) is 0 Å². The summed E-state index contributed by atoms with van der Waals surface area (Å²) < 4.78 is 0. The van der Waals surface area contributed by atoms with Crippen molar-refractivity contribution in [3.8, 4) is 0 Å². The van der Waals surface area contributed by atoms with Crippen LogP contribution in [0.4, 0.5) is 4.79 Å². The topological polar surface area (TPSA) is 32.3 Å². The first kappa shape index (κ1) is 10.4. The van der Waals surface area contributed by atoms with Gasteiger partial charge in [-0.3, -0.25) is 0 Å². The Balaban J connectivity index is 1.61. The summed E-state index contributed by atoms with van der Waals surface area (Å²) in [4.78, 5) is 14.3. The Morgan fingerprint density at radius 1 is 1.00 bits per heavy atom. The average molecular weight is 222 g/mol. The van der Waals surface area contributed by atoms with Crippen molar-refractivity contribution < 1.29 is 4.79 Å². The highest BCUT2D eigenvalue weighted by molar-refractivity contribution is 5.75. The fraction of sp³-hybridized carbons (Fsp3) is 0.923. The number of urea groups is 1. The Labute approximate surface area is 97.6 Å². The third-order valence-corrected chi connectivity index (χ3v) is 4.69. The molecule has 0 aromatic carbocycles. The van der Waals surface area contributed by atoms with E-state index in [1.807, 2.05) is 0 Å². The molecule has 0 aromatic rings. The largest absolute Gasteiger partial charge is 0.335 e. The van der Waals surface area contributed by atoms with Gasteiger partial charge in [-0.1, -0.05) is 6.42 Å². The zero-order valence-electron chi connectivity index (χ0n) is 9.95. The first-order valence-electron chi connectivity index (χ1n) is 6.92. The molecule has 0 bridgehead atoms. The van der Waals surface area contributed by atoms with Crippen LogP contribution in [0, 0.1) is 5.92 Å². The minimum Gasteiger partial charge on any atom is -0.335 e. The summed E-state index contributed by atoms with van der Waals surface area (Å²) in [5, 5.41) is 3.19. The van der Waals surface area contributed by atoms with Crippen LogP contribution in [0.25, 0.3) is 0 Å². The van der Waals surface area contributed by atoms with E-state index in [1.54, 1.807) is 0 Å². The molecular formula is C13H22N2O. The van der Waals surface area contributed by atoms with Gasteiger partial charge in [0.05, 0.1) is 0 Å². The number of carbonyl (C=O) groups is 1. The van der Waals surface area contributed by atoms with Crippen molar-refractivity contribution in [1.82, 2.24) is 10.2 Å². The predicted molar refractivity (Wildman–Crippen MR) is 63.2 cm³/mol. The van der Waals surface area contributed by atoms with E-state index in [9.17, 15) is 4.79 Å². The van der Waals surface area contributed by atoms with E-state index in [4.69, 9.17) is 0 Å². The summed E-state index contributed by atoms with van der Waals surface area (Å²) in [5.41, 5.74) is 0. The Bertz CT molecular complexity index is 275. The van der Waals surface area contributed by atoms with Crippen LogP contribution >= 0.6 is 0 Å². The van der Waals surface area contributed by atoms with Gasteiger partial charge in [0, 0.05) is 18.6 Å². The van der Waals surface area contributed by atoms with Crippen LogP contribution in [0.1, 0.15) is 51.4 Å². The zero-order chi connectivity index (χ0) is 11.0. The predicted octanol–water partition coefficient (Wildman–Crippen LogP) is 2.51. The molecule has 0 spiro atoms. The van der Waals surface area contributed by atoms with Crippen LogP contribution in [0.3, 0.4) is 0 Å². The van der Waals surface area contributed by atoms with E-state index < -0.39 is 0 Å². The number of nitrogens with one attached hydrogen (secondary N) is 1. The first-order chi connectivity index (χ1) is 7.84. The lowest BCUT2D eigenvalue weighted by Gasteiger charge is -2.39. The Morgan fingerprint density at radius 2 is 1.75 bits per heavy atom. The molecule has 3 nitrogen and oxygen atoms in total. The molecular weight excluding hydrogens is 200 g/mol. The van der Waals surface area contributed by atoms with E-state index >= 15 is 0 Å². The van der Waals surface area contributed by atoms with Crippen LogP contribution in [-0.2, 0) is 0 Å². The average Bonchev–Trinajstić information content (AvgIpc) is 2.70. The van der Waals surface area contributed by atoms with Crippen LogP contribution in [0.2, 0.25) is 0 Å². The van der Waals surface area contributed by atoms with Gasteiger partial charge >= 0.3 is 6.03 Å². The summed E-state index contributed by atoms with van der Waals surface area (Å²) >= 11 is 0. The maximum Gasteiger partial charge on any atom is 0.317 e. The maximum atomic E-state index is 12.2. The second-order valence-electron chi connectivity index (χ2n) is 5.67. The van der Waals surface area contributed by atoms with E-state index in [2.05, 4.69) is 10.2 Å². The highest BCUT2D eigenvalue weighted by Crippen LogP contribution is 2.36. The number of carbonyl (C=O) groups excluding carboxylic acids is 1. The molecule has 3 fully saturated rings. The lowest BCUT2D eigenvalue weighted by Crippen LogP contribution is -2.53. The minimum atomic E-state index is 0.223. The van der Waals surface area contributed by atoms with Gasteiger partial charge < -0.3 is 10.2 Å². The zero-order valence-corrected chi connectivity index (χ0v) is 9.95. The fourth-order valence-electron chi connectivity index (χ4n) is 3.52. The number of likely N-dealkylation sites (tertiary alicyclic amines) is 1. The Hall–Kier alpha value is -0.730. The lowest BCUT2D eigenvalue weighted by atomic mass is 9.91. The number of hydrogen-bond acceptors (Lipinski definition) is 1. The van der Waals surface area contributed by atoms with Gasteiger partial charge in [0.25, 0.3) is 0 Å². The first-order valence-corrected chi connectivity index (χ1v) is 6.92. The van der Waals surface area contributed by atoms with E-state index in [1.165, 1.54) is 51.4 Å². The SMILES string of the molecule is O=C(NC1CCC1)N1CCCC2CCCC21. The second-order valence-corrected chi connectivity index (χ2v) is 5.67. The highest BCUT2D eigenvalue weighted by atomic mass is 16.2. The molecule has 2 amide bonds. The lowest BCUT2D eigenvalue weighted by molar-refractivity contribution is 0.122. The smallest absolute Gasteiger partial charge is 0.317 e. The summed E-state index contributed by atoms with van der Waals surface area (Å²) in [5.74, 6) is 0.806. The number of rotatable bonds is 1. The normalized spacial score (nSPS) is 34.4. The van der Waals surface area contributed by atoms with Crippen LogP contribution in [0.5, 0.6) is 0 Å². The number of hydrogen-bond donors (Lipinski definition) is 1. The Kier molecular flexibility index (Phi) is 2.78. The van der Waals surface area contributed by atoms with Crippen molar-refractivity contribution in [1.29, 1.82) is 0 Å². The number of amides is 2. The summed E-state index contributed by atoms with van der Waals surface area (Å²) in [6, 6.07) is 1.27. The van der Waals surface area contributed by atoms with Crippen LogP contribution in [-0.4, -0.2) is 29.6 Å². The standard InChI is InChI=1S/C13H22N2O/c16-13(14-11-6-2-7-11)15-9-3-5-10-4-1-8-12(10)15/h10-12H,1-9H2,(H,14,16). The maximum absolute atomic E-state index is 12.2. The van der Waals surface area contributed by atoms with Gasteiger partial charge in [0.2, 0.25) is 0 Å². The van der Waals surface area contributed by atoms with Gasteiger partial charge in [-0.25, -0.2) is 4.79 Å². The van der Waals surface area contributed by atoms with Crippen molar-refractivity contribution in [3.63, 3.8) is 0 Å². The number of piperidine rings is 1. The molecule has 3 aliphatic rings. The molecule has 3 heteroatoms. The Morgan fingerprint density at radius 3 is 2.50 bits per heavy atom. The third-order valence-electron chi connectivity index (χ3n) is 4.69. The highest BCUT2D eigenvalue weighted by Gasteiger charge is 2.37. The van der Waals surface area contributed by atoms with Crippen molar-refractivity contribution in [3.05, 3.63) is 0 Å². The monoisotopic (exact) mass is 222 g/mol. The molecule has 90 valence electrons. The fourth-order valence-corrected chi connectivity index (χ4v) is 3.52. The molecule has 2 unspecified atom stereocenters. The summed E-state index contributed by atoms with van der Waals surface area (Å²) in [7, 11) is 0. The molecule has 2 atom stereocenters. The van der Waals surface area contributed by atoms with Gasteiger partial charge in [0.1, 0.15) is 0 Å². The molecule has 16 heavy (non-hydrogen) atoms.